The topological polar surface area (TPSA) is 82.8 Å². The van der Waals surface area contributed by atoms with E-state index in [2.05, 4.69) is 20.3 Å². The lowest BCUT2D eigenvalue weighted by Crippen LogP contribution is -2.49. The molecule has 120 valence electrons. The number of rotatable bonds is 4. The van der Waals surface area contributed by atoms with Gasteiger partial charge in [-0.05, 0) is 20.4 Å². The number of imidazole rings is 1. The molecule has 2 N–H and O–H groups in total. The maximum absolute atomic E-state index is 12.2. The van der Waals surface area contributed by atoms with E-state index in [1.807, 2.05) is 20.2 Å². The summed E-state index contributed by atoms with van der Waals surface area (Å²) in [6.45, 7) is 3.92. The van der Waals surface area contributed by atoms with Gasteiger partial charge in [-0.2, -0.15) is 5.10 Å². The quantitative estimate of drug-likeness (QED) is 0.832. The van der Waals surface area contributed by atoms with Gasteiger partial charge in [0.2, 0.25) is 10.9 Å². The first-order valence-electron chi connectivity index (χ1n) is 7.49. The number of hydrogen-bond donors (Lipinski definition) is 2. The highest BCUT2D eigenvalue weighted by atomic mass is 32.1. The van der Waals surface area contributed by atoms with Gasteiger partial charge in [0.1, 0.15) is 5.01 Å². The monoisotopic (exact) mass is 323 g/mol. The lowest BCUT2D eigenvalue weighted by Gasteiger charge is -2.32. The Hall–Kier alpha value is -1.51. The lowest BCUT2D eigenvalue weighted by atomic mass is 9.94. The van der Waals surface area contributed by atoms with Crippen molar-refractivity contribution in [1.29, 1.82) is 0 Å². The highest BCUT2D eigenvalue weighted by Crippen LogP contribution is 2.16. The molecule has 8 heteroatoms. The van der Waals surface area contributed by atoms with Crippen molar-refractivity contribution in [2.45, 2.75) is 25.9 Å². The number of likely N-dealkylation sites (tertiary alicyclic amines) is 1. The van der Waals surface area contributed by atoms with Crippen LogP contribution in [0.5, 0.6) is 0 Å². The van der Waals surface area contributed by atoms with Crippen molar-refractivity contribution in [2.75, 3.05) is 26.7 Å². The fourth-order valence-corrected chi connectivity index (χ4v) is 3.51. The van der Waals surface area contributed by atoms with Crippen LogP contribution in [0, 0.1) is 12.8 Å². The van der Waals surface area contributed by atoms with Gasteiger partial charge in [0.25, 0.3) is 0 Å². The molecule has 1 aliphatic heterocycles. The fourth-order valence-electron chi connectivity index (χ4n) is 2.77. The van der Waals surface area contributed by atoms with Crippen molar-refractivity contribution in [3.63, 3.8) is 0 Å². The number of nitrogens with one attached hydrogen (secondary N) is 1. The Morgan fingerprint density at radius 2 is 2.41 bits per heavy atom. The molecule has 3 rings (SSSR count). The largest absolute Gasteiger partial charge is 0.392 e. The zero-order chi connectivity index (χ0) is 15.7. The number of piperidine rings is 1. The molecule has 1 aliphatic rings. The molecule has 0 saturated carbocycles. The molecule has 3 heterocycles. The van der Waals surface area contributed by atoms with Crippen molar-refractivity contribution in [3.05, 3.63) is 16.9 Å². The predicted octanol–water partition coefficient (Wildman–Crippen LogP) is 0.0705. The standard InChI is InChI=1S/C14H21N5O2S/c1-9-17-19-7-10(16-14(19)22-9)3-5-15-13(21)11-8-18(2)6-4-12(11)20/h7,11-12,20H,3-6,8H2,1-2H3,(H,15,21)/t11-,12-/m1/s1. The average Bonchev–Trinajstić information content (AvgIpc) is 2.98. The van der Waals surface area contributed by atoms with Crippen molar-refractivity contribution in [2.24, 2.45) is 5.92 Å². The van der Waals surface area contributed by atoms with Crippen LogP contribution in [0.4, 0.5) is 0 Å². The fraction of sp³-hybridized carbons (Fsp3) is 0.643. The molecule has 0 aromatic carbocycles. The summed E-state index contributed by atoms with van der Waals surface area (Å²) in [7, 11) is 1.97. The van der Waals surface area contributed by atoms with Crippen molar-refractivity contribution < 1.29 is 9.90 Å². The second-order valence-corrected chi connectivity index (χ2v) is 7.01. The van der Waals surface area contributed by atoms with E-state index in [0.717, 1.165) is 22.2 Å². The van der Waals surface area contributed by atoms with E-state index < -0.39 is 6.10 Å². The molecular weight excluding hydrogens is 302 g/mol. The molecule has 2 aromatic rings. The number of aliphatic hydroxyl groups is 1. The van der Waals surface area contributed by atoms with Gasteiger partial charge >= 0.3 is 0 Å². The second-order valence-electron chi connectivity index (χ2n) is 5.85. The van der Waals surface area contributed by atoms with Crippen LogP contribution < -0.4 is 5.32 Å². The number of nitrogens with zero attached hydrogens (tertiary/aromatic N) is 4. The van der Waals surface area contributed by atoms with Gasteiger partial charge < -0.3 is 15.3 Å². The van der Waals surface area contributed by atoms with Crippen molar-refractivity contribution in [1.82, 2.24) is 24.8 Å². The smallest absolute Gasteiger partial charge is 0.227 e. The maximum atomic E-state index is 12.2. The Morgan fingerprint density at radius 1 is 1.59 bits per heavy atom. The van der Waals surface area contributed by atoms with Gasteiger partial charge in [0.15, 0.2) is 0 Å². The molecule has 0 aliphatic carbocycles. The summed E-state index contributed by atoms with van der Waals surface area (Å²) < 4.78 is 1.77. The van der Waals surface area contributed by atoms with E-state index in [0.29, 0.717) is 25.9 Å². The Labute approximate surface area is 133 Å². The zero-order valence-corrected chi connectivity index (χ0v) is 13.6. The Bertz CT molecular complexity index is 636. The van der Waals surface area contributed by atoms with E-state index in [4.69, 9.17) is 0 Å². The number of aromatic nitrogens is 3. The van der Waals surface area contributed by atoms with E-state index in [9.17, 15) is 9.90 Å². The van der Waals surface area contributed by atoms with E-state index in [1.54, 1.807) is 15.9 Å². The van der Waals surface area contributed by atoms with Gasteiger partial charge in [-0.1, -0.05) is 11.3 Å². The van der Waals surface area contributed by atoms with Crippen LogP contribution in [0.25, 0.3) is 4.96 Å². The van der Waals surface area contributed by atoms with Crippen LogP contribution in [0.1, 0.15) is 17.1 Å². The Morgan fingerprint density at radius 3 is 3.18 bits per heavy atom. The summed E-state index contributed by atoms with van der Waals surface area (Å²) in [6.07, 6.45) is 2.67. The normalized spacial score (nSPS) is 23.0. The highest BCUT2D eigenvalue weighted by molar-refractivity contribution is 7.16. The van der Waals surface area contributed by atoms with Gasteiger partial charge in [-0.15, -0.1) is 0 Å². The number of fused-ring (bicyclic) bond motifs is 1. The summed E-state index contributed by atoms with van der Waals surface area (Å²) in [5.74, 6) is -0.414. The minimum absolute atomic E-state index is 0.0750. The van der Waals surface area contributed by atoms with Crippen LogP contribution in [0.2, 0.25) is 0 Å². The van der Waals surface area contributed by atoms with Crippen LogP contribution >= 0.6 is 11.3 Å². The second kappa shape index (κ2) is 6.31. The zero-order valence-electron chi connectivity index (χ0n) is 12.8. The SMILES string of the molecule is Cc1nn2cc(CCNC(=O)[C@@H]3CN(C)CC[C@H]3O)nc2s1. The van der Waals surface area contributed by atoms with Crippen LogP contribution in [-0.2, 0) is 11.2 Å². The molecule has 0 unspecified atom stereocenters. The molecule has 0 spiro atoms. The Kier molecular flexibility index (Phi) is 4.42. The third-order valence-corrected chi connectivity index (χ3v) is 4.83. The van der Waals surface area contributed by atoms with Crippen LogP contribution in [0.15, 0.2) is 6.20 Å². The summed E-state index contributed by atoms with van der Waals surface area (Å²) in [5.41, 5.74) is 0.917. The first-order valence-corrected chi connectivity index (χ1v) is 8.30. The molecule has 0 bridgehead atoms. The van der Waals surface area contributed by atoms with Crippen molar-refractivity contribution >= 4 is 22.2 Å². The molecule has 1 saturated heterocycles. The third kappa shape index (κ3) is 3.29. The highest BCUT2D eigenvalue weighted by Gasteiger charge is 2.31. The molecule has 2 atom stereocenters. The third-order valence-electron chi connectivity index (χ3n) is 3.99. The minimum atomic E-state index is -0.540. The molecule has 1 amide bonds. The molecule has 22 heavy (non-hydrogen) atoms. The molecule has 1 fully saturated rings. The van der Waals surface area contributed by atoms with Gasteiger partial charge in [0, 0.05) is 26.1 Å². The number of carbonyl (C=O) groups excluding carboxylic acids is 1. The van der Waals surface area contributed by atoms with Crippen LogP contribution in [-0.4, -0.2) is 63.3 Å². The first kappa shape index (κ1) is 15.4. The summed E-state index contributed by atoms with van der Waals surface area (Å²) in [4.78, 5) is 19.6. The average molecular weight is 323 g/mol. The first-order chi connectivity index (χ1) is 10.5. The molecule has 2 aromatic heterocycles. The van der Waals surface area contributed by atoms with E-state index >= 15 is 0 Å². The maximum Gasteiger partial charge on any atom is 0.227 e. The summed E-state index contributed by atoms with van der Waals surface area (Å²) >= 11 is 1.55. The van der Waals surface area contributed by atoms with Gasteiger partial charge in [-0.3, -0.25) is 4.79 Å². The predicted molar refractivity (Wildman–Crippen MR) is 83.9 cm³/mol. The van der Waals surface area contributed by atoms with E-state index in [-0.39, 0.29) is 11.8 Å². The van der Waals surface area contributed by atoms with E-state index in [1.165, 1.54) is 0 Å². The number of aryl methyl sites for hydroxylation is 1. The molecular formula is C14H21N5O2S. The Balaban J connectivity index is 1.51. The molecule has 7 nitrogen and oxygen atoms in total. The number of carbonyl (C=O) groups is 1. The van der Waals surface area contributed by atoms with Crippen LogP contribution in [0.3, 0.4) is 0 Å². The number of amides is 1. The minimum Gasteiger partial charge on any atom is -0.392 e. The lowest BCUT2D eigenvalue weighted by molar-refractivity contribution is -0.131. The van der Waals surface area contributed by atoms with Crippen molar-refractivity contribution in [3.8, 4) is 0 Å². The molecule has 0 radical (unpaired) electrons. The summed E-state index contributed by atoms with van der Waals surface area (Å²) in [5, 5.41) is 18.2. The van der Waals surface area contributed by atoms with Gasteiger partial charge in [0.05, 0.1) is 23.9 Å². The van der Waals surface area contributed by atoms with Gasteiger partial charge in [-0.25, -0.2) is 9.50 Å². The number of hydrogen-bond acceptors (Lipinski definition) is 6. The summed E-state index contributed by atoms with van der Waals surface area (Å²) in [6, 6.07) is 0. The number of aliphatic hydroxyl groups excluding tert-OH is 1.